The van der Waals surface area contributed by atoms with Crippen molar-refractivity contribution >= 4 is 29.3 Å². The van der Waals surface area contributed by atoms with Gasteiger partial charge in [0.1, 0.15) is 0 Å². The van der Waals surface area contributed by atoms with Crippen molar-refractivity contribution in [1.29, 1.82) is 0 Å². The van der Waals surface area contributed by atoms with Gasteiger partial charge >= 0.3 is 0 Å². The number of likely N-dealkylation sites (tertiary alicyclic amines) is 1. The van der Waals surface area contributed by atoms with Crippen LogP contribution in [0.15, 0.2) is 29.2 Å². The quantitative estimate of drug-likeness (QED) is 0.584. The number of carbonyl (C=O) groups is 1. The summed E-state index contributed by atoms with van der Waals surface area (Å²) < 4.78 is 0. The van der Waals surface area contributed by atoms with Gasteiger partial charge in [-0.25, -0.2) is 0 Å². The lowest BCUT2D eigenvalue weighted by atomic mass is 10.2. The minimum absolute atomic E-state index is 0.337. The zero-order valence-electron chi connectivity index (χ0n) is 11.8. The molecule has 20 heavy (non-hydrogen) atoms. The topological polar surface area (TPSA) is 20.3 Å². The number of benzene rings is 1. The lowest BCUT2D eigenvalue weighted by molar-refractivity contribution is -0.131. The molecule has 0 N–H and O–H groups in total. The highest BCUT2D eigenvalue weighted by Crippen LogP contribution is 2.21. The first-order chi connectivity index (χ1) is 9.75. The molecule has 0 unspecified atom stereocenters. The van der Waals surface area contributed by atoms with E-state index in [1.165, 1.54) is 30.6 Å². The first-order valence-corrected chi connectivity index (χ1v) is 8.78. The monoisotopic (exact) mass is 311 g/mol. The van der Waals surface area contributed by atoms with Gasteiger partial charge in [0.25, 0.3) is 0 Å². The van der Waals surface area contributed by atoms with Crippen LogP contribution in [-0.2, 0) is 4.79 Å². The van der Waals surface area contributed by atoms with Gasteiger partial charge in [0.15, 0.2) is 0 Å². The van der Waals surface area contributed by atoms with E-state index < -0.39 is 0 Å². The number of amides is 1. The Kier molecular flexibility index (Phi) is 6.74. The second-order valence-electron chi connectivity index (χ2n) is 5.20. The maximum absolute atomic E-state index is 12.1. The highest BCUT2D eigenvalue weighted by atomic mass is 35.5. The second kappa shape index (κ2) is 8.58. The smallest absolute Gasteiger partial charge is 0.222 e. The van der Waals surface area contributed by atoms with Gasteiger partial charge in [0.05, 0.1) is 0 Å². The first-order valence-electron chi connectivity index (χ1n) is 7.42. The van der Waals surface area contributed by atoms with Gasteiger partial charge in [-0.2, -0.15) is 0 Å². The van der Waals surface area contributed by atoms with Crippen LogP contribution in [-0.4, -0.2) is 29.6 Å². The van der Waals surface area contributed by atoms with Crippen molar-refractivity contribution in [2.24, 2.45) is 0 Å². The average molecular weight is 312 g/mol. The van der Waals surface area contributed by atoms with Crippen LogP contribution in [0.1, 0.15) is 38.5 Å². The predicted molar refractivity (Wildman–Crippen MR) is 86.5 cm³/mol. The van der Waals surface area contributed by atoms with Crippen LogP contribution in [0.4, 0.5) is 0 Å². The van der Waals surface area contributed by atoms with Crippen LogP contribution < -0.4 is 0 Å². The van der Waals surface area contributed by atoms with Crippen molar-refractivity contribution in [2.75, 3.05) is 18.8 Å². The van der Waals surface area contributed by atoms with E-state index in [1.807, 2.05) is 24.3 Å². The van der Waals surface area contributed by atoms with Crippen LogP contribution in [0.3, 0.4) is 0 Å². The van der Waals surface area contributed by atoms with Crippen LogP contribution in [0.5, 0.6) is 0 Å². The summed E-state index contributed by atoms with van der Waals surface area (Å²) in [7, 11) is 0. The molecule has 0 bridgehead atoms. The number of halogens is 1. The predicted octanol–water partition coefficient (Wildman–Crippen LogP) is 4.61. The third-order valence-corrected chi connectivity index (χ3v) is 4.93. The van der Waals surface area contributed by atoms with Gasteiger partial charge < -0.3 is 4.90 Å². The first kappa shape index (κ1) is 15.7. The van der Waals surface area contributed by atoms with Gasteiger partial charge in [-0.3, -0.25) is 4.79 Å². The summed E-state index contributed by atoms with van der Waals surface area (Å²) >= 11 is 7.65. The second-order valence-corrected chi connectivity index (χ2v) is 6.81. The Labute approximate surface area is 130 Å². The molecule has 0 atom stereocenters. The lowest BCUT2D eigenvalue weighted by Crippen LogP contribution is -2.31. The molecule has 0 spiro atoms. The zero-order valence-corrected chi connectivity index (χ0v) is 13.4. The van der Waals surface area contributed by atoms with Crippen molar-refractivity contribution in [3.8, 4) is 0 Å². The summed E-state index contributed by atoms with van der Waals surface area (Å²) in [4.78, 5) is 15.4. The van der Waals surface area contributed by atoms with Crippen molar-refractivity contribution in [3.63, 3.8) is 0 Å². The molecule has 1 aliphatic rings. The summed E-state index contributed by atoms with van der Waals surface area (Å²) in [5.74, 6) is 1.32. The summed E-state index contributed by atoms with van der Waals surface area (Å²) in [5, 5.41) is 0.769. The van der Waals surface area contributed by atoms with Crippen molar-refractivity contribution in [2.45, 2.75) is 43.4 Å². The number of hydrogen-bond donors (Lipinski definition) is 0. The van der Waals surface area contributed by atoms with E-state index >= 15 is 0 Å². The van der Waals surface area contributed by atoms with E-state index in [1.54, 1.807) is 11.8 Å². The molecule has 0 radical (unpaired) electrons. The molecular weight excluding hydrogens is 290 g/mol. The van der Waals surface area contributed by atoms with Gasteiger partial charge in [-0.1, -0.05) is 24.4 Å². The van der Waals surface area contributed by atoms with Gasteiger partial charge in [0.2, 0.25) is 5.91 Å². The molecule has 1 aliphatic heterocycles. The van der Waals surface area contributed by atoms with Gasteiger partial charge in [-0.05, 0) is 49.3 Å². The molecule has 1 fully saturated rings. The maximum atomic E-state index is 12.1. The molecule has 1 heterocycles. The van der Waals surface area contributed by atoms with Crippen LogP contribution in [0, 0.1) is 0 Å². The van der Waals surface area contributed by atoms with E-state index in [-0.39, 0.29) is 0 Å². The molecule has 0 aliphatic carbocycles. The largest absolute Gasteiger partial charge is 0.343 e. The van der Waals surface area contributed by atoms with E-state index in [9.17, 15) is 4.79 Å². The van der Waals surface area contributed by atoms with Gasteiger partial charge in [-0.15, -0.1) is 11.8 Å². The van der Waals surface area contributed by atoms with E-state index in [2.05, 4.69) is 4.90 Å². The molecule has 110 valence electrons. The minimum atomic E-state index is 0.337. The number of hydrogen-bond acceptors (Lipinski definition) is 2. The fraction of sp³-hybridized carbons (Fsp3) is 0.562. The number of carbonyl (C=O) groups excluding carboxylic acids is 1. The SMILES string of the molecule is O=C(CCCSc1ccc(Cl)cc1)N1CCCCCC1. The molecule has 2 rings (SSSR count). The molecule has 0 saturated carbocycles. The van der Waals surface area contributed by atoms with E-state index in [0.717, 1.165) is 30.3 Å². The van der Waals surface area contributed by atoms with Crippen LogP contribution in [0.25, 0.3) is 0 Å². The normalized spacial score (nSPS) is 15.9. The molecule has 0 aromatic heterocycles. The number of rotatable bonds is 5. The Bertz CT molecular complexity index is 413. The Morgan fingerprint density at radius 1 is 1.10 bits per heavy atom. The molecule has 4 heteroatoms. The standard InChI is InChI=1S/C16H22ClNOS/c17-14-7-9-15(10-8-14)20-13-5-6-16(19)18-11-3-1-2-4-12-18/h7-10H,1-6,11-13H2. The molecule has 2 nitrogen and oxygen atoms in total. The Hall–Kier alpha value is -0.670. The molecular formula is C16H22ClNOS. The summed E-state index contributed by atoms with van der Waals surface area (Å²) in [6.45, 7) is 1.92. The summed E-state index contributed by atoms with van der Waals surface area (Å²) in [6.07, 6.45) is 6.52. The highest BCUT2D eigenvalue weighted by Gasteiger charge is 2.14. The molecule has 1 saturated heterocycles. The van der Waals surface area contributed by atoms with E-state index in [0.29, 0.717) is 12.3 Å². The third kappa shape index (κ3) is 5.37. The molecule has 1 amide bonds. The summed E-state index contributed by atoms with van der Waals surface area (Å²) in [6, 6.07) is 7.88. The maximum Gasteiger partial charge on any atom is 0.222 e. The van der Waals surface area contributed by atoms with Crippen molar-refractivity contribution in [3.05, 3.63) is 29.3 Å². The third-order valence-electron chi connectivity index (χ3n) is 3.58. The Morgan fingerprint density at radius 3 is 2.40 bits per heavy atom. The molecule has 1 aromatic rings. The minimum Gasteiger partial charge on any atom is -0.343 e. The lowest BCUT2D eigenvalue weighted by Gasteiger charge is -2.20. The fourth-order valence-electron chi connectivity index (χ4n) is 2.42. The Morgan fingerprint density at radius 2 is 1.75 bits per heavy atom. The van der Waals surface area contributed by atoms with Crippen LogP contribution in [0.2, 0.25) is 5.02 Å². The van der Waals surface area contributed by atoms with E-state index in [4.69, 9.17) is 11.6 Å². The molecule has 1 aromatic carbocycles. The average Bonchev–Trinajstić information content (AvgIpc) is 2.74. The van der Waals surface area contributed by atoms with Crippen LogP contribution >= 0.6 is 23.4 Å². The van der Waals surface area contributed by atoms with Crippen molar-refractivity contribution in [1.82, 2.24) is 4.90 Å². The van der Waals surface area contributed by atoms with Crippen molar-refractivity contribution < 1.29 is 4.79 Å². The fourth-order valence-corrected chi connectivity index (χ4v) is 3.40. The Balaban J connectivity index is 1.64. The summed E-state index contributed by atoms with van der Waals surface area (Å²) in [5.41, 5.74) is 0. The highest BCUT2D eigenvalue weighted by molar-refractivity contribution is 7.99. The number of nitrogens with zero attached hydrogens (tertiary/aromatic N) is 1. The van der Waals surface area contributed by atoms with Gasteiger partial charge in [0, 0.05) is 29.4 Å². The number of thioether (sulfide) groups is 1. The zero-order chi connectivity index (χ0) is 14.2.